The third-order valence-corrected chi connectivity index (χ3v) is 2.92. The molecule has 1 aromatic heterocycles. The molecule has 1 amide bonds. The smallest absolute Gasteiger partial charge is 0.257 e. The van der Waals surface area contributed by atoms with Gasteiger partial charge in [0.15, 0.2) is 0 Å². The van der Waals surface area contributed by atoms with Crippen molar-refractivity contribution in [2.75, 3.05) is 25.6 Å². The molecule has 0 saturated carbocycles. The van der Waals surface area contributed by atoms with Crippen molar-refractivity contribution < 1.29 is 9.90 Å². The summed E-state index contributed by atoms with van der Waals surface area (Å²) in [6, 6.07) is 1.74. The van der Waals surface area contributed by atoms with E-state index in [9.17, 15) is 4.79 Å². The number of aryl methyl sites for hydroxylation is 1. The number of nitrogen functional groups attached to an aromatic ring is 1. The van der Waals surface area contributed by atoms with E-state index in [4.69, 9.17) is 10.9 Å². The number of nitrogens with one attached hydrogen (secondary N) is 1. The van der Waals surface area contributed by atoms with Crippen molar-refractivity contribution in [2.45, 2.75) is 26.2 Å². The summed E-state index contributed by atoms with van der Waals surface area (Å²) in [6.45, 7) is 2.69. The maximum Gasteiger partial charge on any atom is 0.257 e. The van der Waals surface area contributed by atoms with Crippen molar-refractivity contribution >= 4 is 11.6 Å². The summed E-state index contributed by atoms with van der Waals surface area (Å²) in [5.74, 6) is 5.31. The number of anilines is 1. The van der Waals surface area contributed by atoms with Gasteiger partial charge in [0.2, 0.25) is 0 Å². The molecule has 6 nitrogen and oxygen atoms in total. The number of nitrogens with two attached hydrogens (primary N) is 1. The molecule has 0 atom stereocenters. The van der Waals surface area contributed by atoms with Gasteiger partial charge in [-0.05, 0) is 32.3 Å². The fraction of sp³-hybridized carbons (Fsp3) is 0.538. The van der Waals surface area contributed by atoms with Gasteiger partial charge in [-0.1, -0.05) is 0 Å². The van der Waals surface area contributed by atoms with Gasteiger partial charge in [-0.15, -0.1) is 0 Å². The first-order chi connectivity index (χ1) is 9.10. The molecule has 0 aliphatic heterocycles. The van der Waals surface area contributed by atoms with Gasteiger partial charge in [0, 0.05) is 32.1 Å². The van der Waals surface area contributed by atoms with Gasteiger partial charge in [-0.25, -0.2) is 0 Å². The van der Waals surface area contributed by atoms with Crippen molar-refractivity contribution in [3.05, 3.63) is 23.5 Å². The molecule has 1 rings (SSSR count). The van der Waals surface area contributed by atoms with Crippen LogP contribution in [0.25, 0.3) is 0 Å². The topological polar surface area (TPSA) is 91.5 Å². The highest BCUT2D eigenvalue weighted by atomic mass is 16.2. The third-order valence-electron chi connectivity index (χ3n) is 2.92. The summed E-state index contributed by atoms with van der Waals surface area (Å²) in [6.07, 6.45) is 4.08. The van der Waals surface area contributed by atoms with Crippen LogP contribution in [0.1, 0.15) is 35.3 Å². The van der Waals surface area contributed by atoms with Gasteiger partial charge < -0.3 is 15.4 Å². The Morgan fingerprint density at radius 2 is 2.21 bits per heavy atom. The van der Waals surface area contributed by atoms with Crippen molar-refractivity contribution in [2.24, 2.45) is 5.84 Å². The summed E-state index contributed by atoms with van der Waals surface area (Å²) in [7, 11) is 1.75. The van der Waals surface area contributed by atoms with Gasteiger partial charge in [0.05, 0.1) is 11.3 Å². The van der Waals surface area contributed by atoms with Crippen LogP contribution in [0.15, 0.2) is 12.3 Å². The third kappa shape index (κ3) is 4.50. The van der Waals surface area contributed by atoms with Gasteiger partial charge in [-0.2, -0.15) is 0 Å². The molecule has 0 spiro atoms. The lowest BCUT2D eigenvalue weighted by Crippen LogP contribution is -2.29. The van der Waals surface area contributed by atoms with E-state index in [2.05, 4.69) is 10.4 Å². The second-order valence-electron chi connectivity index (χ2n) is 4.53. The molecular formula is C13H22N4O2. The van der Waals surface area contributed by atoms with Crippen LogP contribution in [0.4, 0.5) is 5.69 Å². The number of pyridine rings is 1. The molecule has 1 heterocycles. The number of carbonyl (C=O) groups is 1. The van der Waals surface area contributed by atoms with E-state index in [1.54, 1.807) is 18.0 Å². The molecule has 0 fully saturated rings. The van der Waals surface area contributed by atoms with E-state index in [1.165, 1.54) is 6.20 Å². The van der Waals surface area contributed by atoms with Crippen molar-refractivity contribution in [1.82, 2.24) is 9.88 Å². The fourth-order valence-corrected chi connectivity index (χ4v) is 1.79. The molecule has 6 heteroatoms. The largest absolute Gasteiger partial charge is 0.396 e. The average Bonchev–Trinajstić information content (AvgIpc) is 2.42. The number of aromatic nitrogens is 1. The molecule has 0 unspecified atom stereocenters. The molecule has 19 heavy (non-hydrogen) atoms. The number of hydrazine groups is 1. The van der Waals surface area contributed by atoms with E-state index >= 15 is 0 Å². The SMILES string of the molecule is Cc1cc(NN)c(C(=O)N(C)CCCCCO)cn1. The molecular weight excluding hydrogens is 244 g/mol. The van der Waals surface area contributed by atoms with Crippen LogP contribution in [0.2, 0.25) is 0 Å². The number of nitrogens with zero attached hydrogens (tertiary/aromatic N) is 2. The standard InChI is InChI=1S/C13H22N4O2/c1-10-8-12(16-14)11(9-15-10)13(19)17(2)6-4-3-5-7-18/h8-9,18H,3-7,14H2,1-2H3,(H,15,16). The molecule has 0 aliphatic carbocycles. The second kappa shape index (κ2) is 7.70. The Morgan fingerprint density at radius 1 is 1.47 bits per heavy atom. The van der Waals surface area contributed by atoms with Crippen molar-refractivity contribution in [3.63, 3.8) is 0 Å². The molecule has 0 aliphatic rings. The Bertz CT molecular complexity index is 423. The molecule has 0 aromatic carbocycles. The van der Waals surface area contributed by atoms with E-state index < -0.39 is 0 Å². The van der Waals surface area contributed by atoms with Crippen LogP contribution in [0.5, 0.6) is 0 Å². The quantitative estimate of drug-likeness (QED) is 0.387. The highest BCUT2D eigenvalue weighted by Gasteiger charge is 2.15. The number of amides is 1. The molecule has 0 radical (unpaired) electrons. The summed E-state index contributed by atoms with van der Waals surface area (Å²) >= 11 is 0. The van der Waals surface area contributed by atoms with Gasteiger partial charge >= 0.3 is 0 Å². The number of hydrogen-bond donors (Lipinski definition) is 3. The predicted molar refractivity (Wildman–Crippen MR) is 74.7 cm³/mol. The lowest BCUT2D eigenvalue weighted by Gasteiger charge is -2.18. The fourth-order valence-electron chi connectivity index (χ4n) is 1.79. The Morgan fingerprint density at radius 3 is 2.84 bits per heavy atom. The van der Waals surface area contributed by atoms with Crippen LogP contribution < -0.4 is 11.3 Å². The zero-order valence-electron chi connectivity index (χ0n) is 11.5. The Hall–Kier alpha value is -1.66. The number of rotatable bonds is 7. The first-order valence-electron chi connectivity index (χ1n) is 6.39. The predicted octanol–water partition coefficient (Wildman–Crippen LogP) is 0.910. The van der Waals surface area contributed by atoms with Gasteiger partial charge in [-0.3, -0.25) is 15.6 Å². The Kier molecular flexibility index (Phi) is 6.24. The molecule has 106 valence electrons. The van der Waals surface area contributed by atoms with Crippen LogP contribution in [-0.4, -0.2) is 41.1 Å². The van der Waals surface area contributed by atoms with Crippen LogP contribution in [0, 0.1) is 6.92 Å². The summed E-state index contributed by atoms with van der Waals surface area (Å²) in [4.78, 5) is 18.0. The first-order valence-corrected chi connectivity index (χ1v) is 6.39. The summed E-state index contributed by atoms with van der Waals surface area (Å²) < 4.78 is 0. The lowest BCUT2D eigenvalue weighted by atomic mass is 10.1. The molecule has 0 saturated heterocycles. The lowest BCUT2D eigenvalue weighted by molar-refractivity contribution is 0.0792. The number of carbonyl (C=O) groups excluding carboxylic acids is 1. The van der Waals surface area contributed by atoms with Crippen LogP contribution >= 0.6 is 0 Å². The molecule has 1 aromatic rings. The summed E-state index contributed by atoms with van der Waals surface area (Å²) in [5, 5.41) is 8.70. The van der Waals surface area contributed by atoms with E-state index in [0.717, 1.165) is 25.0 Å². The second-order valence-corrected chi connectivity index (χ2v) is 4.53. The minimum Gasteiger partial charge on any atom is -0.396 e. The monoisotopic (exact) mass is 266 g/mol. The maximum atomic E-state index is 12.2. The van der Waals surface area contributed by atoms with Crippen molar-refractivity contribution in [1.29, 1.82) is 0 Å². The van der Waals surface area contributed by atoms with E-state index in [-0.39, 0.29) is 12.5 Å². The zero-order chi connectivity index (χ0) is 14.3. The zero-order valence-corrected chi connectivity index (χ0v) is 11.5. The highest BCUT2D eigenvalue weighted by molar-refractivity contribution is 5.99. The Labute approximate surface area is 113 Å². The maximum absolute atomic E-state index is 12.2. The number of unbranched alkanes of at least 4 members (excludes halogenated alkanes) is 2. The number of hydrogen-bond acceptors (Lipinski definition) is 5. The minimum absolute atomic E-state index is 0.107. The average molecular weight is 266 g/mol. The van der Waals surface area contributed by atoms with Crippen LogP contribution in [0.3, 0.4) is 0 Å². The van der Waals surface area contributed by atoms with Crippen molar-refractivity contribution in [3.8, 4) is 0 Å². The van der Waals surface area contributed by atoms with E-state index in [0.29, 0.717) is 17.8 Å². The summed E-state index contributed by atoms with van der Waals surface area (Å²) in [5.41, 5.74) is 4.38. The molecule has 4 N–H and O–H groups in total. The normalized spacial score (nSPS) is 10.3. The van der Waals surface area contributed by atoms with E-state index in [1.807, 2.05) is 6.92 Å². The first kappa shape index (κ1) is 15.4. The highest BCUT2D eigenvalue weighted by Crippen LogP contribution is 2.16. The minimum atomic E-state index is -0.107. The van der Waals surface area contributed by atoms with Gasteiger partial charge in [0.1, 0.15) is 0 Å². The Balaban J connectivity index is 2.66. The number of aliphatic hydroxyl groups is 1. The molecule has 0 bridgehead atoms. The number of aliphatic hydroxyl groups excluding tert-OH is 1. The van der Waals surface area contributed by atoms with Crippen LogP contribution in [-0.2, 0) is 0 Å². The van der Waals surface area contributed by atoms with Gasteiger partial charge in [0.25, 0.3) is 5.91 Å².